The Labute approximate surface area is 201 Å². The quantitative estimate of drug-likeness (QED) is 0.427. The Morgan fingerprint density at radius 2 is 1.78 bits per heavy atom. The van der Waals surface area contributed by atoms with Crippen LogP contribution in [0.25, 0.3) is 0 Å². The number of anilines is 1. The van der Waals surface area contributed by atoms with Crippen molar-refractivity contribution in [1.82, 2.24) is 4.90 Å². The summed E-state index contributed by atoms with van der Waals surface area (Å²) >= 11 is 13.8. The average molecular weight is 486 g/mol. The first-order chi connectivity index (χ1) is 15.5. The zero-order chi connectivity index (χ0) is 22.7. The lowest BCUT2D eigenvalue weighted by molar-refractivity contribution is -0.127. The van der Waals surface area contributed by atoms with Gasteiger partial charge in [-0.15, -0.1) is 0 Å². The number of carbonyl (C=O) groups excluding carboxylic acids is 2. The van der Waals surface area contributed by atoms with Gasteiger partial charge in [0.15, 0.2) is 0 Å². The molecule has 2 saturated heterocycles. The lowest BCUT2D eigenvalue weighted by Crippen LogP contribution is -2.37. The molecule has 0 radical (unpaired) electrons. The lowest BCUT2D eigenvalue weighted by atomic mass is 10.1. The fraction of sp³-hybridized carbons (Fsp3) is 0.292. The van der Waals surface area contributed by atoms with E-state index in [0.29, 0.717) is 40.3 Å². The Morgan fingerprint density at radius 1 is 1.06 bits per heavy atom. The van der Waals surface area contributed by atoms with Crippen LogP contribution in [0.4, 0.5) is 5.69 Å². The van der Waals surface area contributed by atoms with Crippen molar-refractivity contribution in [3.05, 3.63) is 74.7 Å². The van der Waals surface area contributed by atoms with Crippen molar-refractivity contribution in [2.75, 3.05) is 18.0 Å². The van der Waals surface area contributed by atoms with Crippen molar-refractivity contribution in [3.8, 4) is 6.07 Å². The number of halogens is 2. The standard InChI is InChI=1S/C24H21Cl2N3O2S/c25-19-11-7-8-16(21(19)26)14-20-23(31)29(17-9-3-1-4-10-17)24(32-20)18(15-27)22(30)28-12-5-2-6-13-28/h1,3-4,7-11,20H,2,5-6,12-14H2/b24-18+/t20-/m0/s1. The van der Waals surface area contributed by atoms with E-state index in [4.69, 9.17) is 23.2 Å². The maximum absolute atomic E-state index is 13.5. The summed E-state index contributed by atoms with van der Waals surface area (Å²) in [6.07, 6.45) is 3.26. The molecule has 8 heteroatoms. The second kappa shape index (κ2) is 9.99. The van der Waals surface area contributed by atoms with Crippen molar-refractivity contribution in [2.45, 2.75) is 30.9 Å². The van der Waals surface area contributed by atoms with Gasteiger partial charge < -0.3 is 4.90 Å². The van der Waals surface area contributed by atoms with Crippen LogP contribution in [-0.4, -0.2) is 35.1 Å². The number of benzene rings is 2. The number of thioether (sulfide) groups is 1. The van der Waals surface area contributed by atoms with Gasteiger partial charge in [-0.2, -0.15) is 5.26 Å². The van der Waals surface area contributed by atoms with Gasteiger partial charge in [-0.05, 0) is 49.4 Å². The van der Waals surface area contributed by atoms with E-state index in [9.17, 15) is 14.9 Å². The molecule has 2 aliphatic rings. The largest absolute Gasteiger partial charge is 0.338 e. The molecule has 0 aliphatic carbocycles. The van der Waals surface area contributed by atoms with Crippen molar-refractivity contribution in [3.63, 3.8) is 0 Å². The fourth-order valence-electron chi connectivity index (χ4n) is 3.95. The van der Waals surface area contributed by atoms with Gasteiger partial charge in [0.25, 0.3) is 5.91 Å². The van der Waals surface area contributed by atoms with Crippen LogP contribution >= 0.6 is 35.0 Å². The van der Waals surface area contributed by atoms with Crippen LogP contribution in [0.3, 0.4) is 0 Å². The van der Waals surface area contributed by atoms with Crippen molar-refractivity contribution in [2.24, 2.45) is 0 Å². The molecule has 1 atom stereocenters. The number of piperidine rings is 1. The minimum absolute atomic E-state index is 0.00814. The minimum atomic E-state index is -0.529. The van der Waals surface area contributed by atoms with Crippen molar-refractivity contribution < 1.29 is 9.59 Å². The molecule has 4 rings (SSSR count). The smallest absolute Gasteiger partial charge is 0.267 e. The Kier molecular flexibility index (Phi) is 7.10. The number of carbonyl (C=O) groups is 2. The summed E-state index contributed by atoms with van der Waals surface area (Å²) in [5.41, 5.74) is 1.38. The SMILES string of the molecule is N#C/C(C(=O)N1CCCCC1)=C1\S[C@@H](Cc2cccc(Cl)c2Cl)C(=O)N1c1ccccc1. The number of nitriles is 1. The van der Waals surface area contributed by atoms with Gasteiger partial charge in [-0.25, -0.2) is 0 Å². The molecular weight excluding hydrogens is 465 g/mol. The Hall–Kier alpha value is -2.46. The number of amides is 2. The Bertz CT molecular complexity index is 1110. The maximum Gasteiger partial charge on any atom is 0.267 e. The van der Waals surface area contributed by atoms with Crippen LogP contribution in [0, 0.1) is 11.3 Å². The molecule has 2 amide bonds. The molecule has 0 bridgehead atoms. The predicted molar refractivity (Wildman–Crippen MR) is 129 cm³/mol. The molecule has 32 heavy (non-hydrogen) atoms. The molecular formula is C24H21Cl2N3O2S. The van der Waals surface area contributed by atoms with E-state index in [1.807, 2.05) is 24.3 Å². The minimum Gasteiger partial charge on any atom is -0.338 e. The maximum atomic E-state index is 13.5. The monoisotopic (exact) mass is 485 g/mol. The highest BCUT2D eigenvalue weighted by Gasteiger charge is 2.41. The van der Waals surface area contributed by atoms with Gasteiger partial charge in [0, 0.05) is 18.8 Å². The molecule has 2 aliphatic heterocycles. The van der Waals surface area contributed by atoms with E-state index in [1.165, 1.54) is 16.7 Å². The van der Waals surface area contributed by atoms with Crippen LogP contribution < -0.4 is 4.90 Å². The highest BCUT2D eigenvalue weighted by Crippen LogP contribution is 2.43. The molecule has 0 unspecified atom stereocenters. The van der Waals surface area contributed by atoms with Gasteiger partial charge >= 0.3 is 0 Å². The Balaban J connectivity index is 1.74. The fourth-order valence-corrected chi connectivity index (χ4v) is 5.64. The third-order valence-electron chi connectivity index (χ3n) is 5.59. The number of rotatable bonds is 4. The number of likely N-dealkylation sites (tertiary alicyclic amines) is 1. The molecule has 164 valence electrons. The highest BCUT2D eigenvalue weighted by atomic mass is 35.5. The summed E-state index contributed by atoms with van der Waals surface area (Å²) in [5.74, 6) is -0.503. The average Bonchev–Trinajstić information content (AvgIpc) is 3.14. The van der Waals surface area contributed by atoms with Gasteiger partial charge in [-0.3, -0.25) is 14.5 Å². The summed E-state index contributed by atoms with van der Waals surface area (Å²) in [6.45, 7) is 1.26. The summed E-state index contributed by atoms with van der Waals surface area (Å²) in [4.78, 5) is 29.9. The van der Waals surface area contributed by atoms with E-state index in [1.54, 1.807) is 29.2 Å². The molecule has 0 N–H and O–H groups in total. The molecule has 2 aromatic carbocycles. The highest BCUT2D eigenvalue weighted by molar-refractivity contribution is 8.05. The van der Waals surface area contributed by atoms with E-state index in [-0.39, 0.29) is 17.4 Å². The molecule has 2 heterocycles. The molecule has 0 spiro atoms. The van der Waals surface area contributed by atoms with Crippen molar-refractivity contribution >= 4 is 52.5 Å². The normalized spacial score (nSPS) is 20.3. The van der Waals surface area contributed by atoms with E-state index in [2.05, 4.69) is 6.07 Å². The third-order valence-corrected chi connectivity index (χ3v) is 7.71. The van der Waals surface area contributed by atoms with Gasteiger partial charge in [0.05, 0.1) is 15.3 Å². The summed E-state index contributed by atoms with van der Waals surface area (Å²) in [7, 11) is 0. The first kappa shape index (κ1) is 22.7. The molecule has 5 nitrogen and oxygen atoms in total. The topological polar surface area (TPSA) is 64.4 Å². The molecule has 2 fully saturated rings. The second-order valence-electron chi connectivity index (χ2n) is 7.68. The van der Waals surface area contributed by atoms with Crippen LogP contribution in [-0.2, 0) is 16.0 Å². The van der Waals surface area contributed by atoms with Crippen LogP contribution in [0.15, 0.2) is 59.1 Å². The lowest BCUT2D eigenvalue weighted by Gasteiger charge is -2.27. The van der Waals surface area contributed by atoms with Gasteiger partial charge in [0.1, 0.15) is 16.7 Å². The summed E-state index contributed by atoms with van der Waals surface area (Å²) < 4.78 is 0. The molecule has 0 saturated carbocycles. The van der Waals surface area contributed by atoms with E-state index >= 15 is 0 Å². The summed E-state index contributed by atoms with van der Waals surface area (Å²) in [5, 5.41) is 10.6. The number of hydrogen-bond acceptors (Lipinski definition) is 4. The van der Waals surface area contributed by atoms with Crippen molar-refractivity contribution in [1.29, 1.82) is 5.26 Å². The molecule has 2 aromatic rings. The van der Waals surface area contributed by atoms with Crippen LogP contribution in [0.5, 0.6) is 0 Å². The number of hydrogen-bond donors (Lipinski definition) is 0. The van der Waals surface area contributed by atoms with E-state index < -0.39 is 5.25 Å². The number of para-hydroxylation sites is 1. The summed E-state index contributed by atoms with van der Waals surface area (Å²) in [6, 6.07) is 16.5. The first-order valence-electron chi connectivity index (χ1n) is 10.4. The zero-order valence-electron chi connectivity index (χ0n) is 17.3. The second-order valence-corrected chi connectivity index (χ2v) is 9.65. The number of nitrogens with zero attached hydrogens (tertiary/aromatic N) is 3. The Morgan fingerprint density at radius 3 is 2.47 bits per heavy atom. The third kappa shape index (κ3) is 4.52. The van der Waals surface area contributed by atoms with Crippen LogP contribution in [0.1, 0.15) is 24.8 Å². The van der Waals surface area contributed by atoms with Gasteiger partial charge in [-0.1, -0.05) is 65.3 Å². The van der Waals surface area contributed by atoms with E-state index in [0.717, 1.165) is 24.8 Å². The van der Waals surface area contributed by atoms with Gasteiger partial charge in [0.2, 0.25) is 5.91 Å². The predicted octanol–water partition coefficient (Wildman–Crippen LogP) is 5.43. The first-order valence-corrected chi connectivity index (χ1v) is 12.1. The molecule has 0 aromatic heterocycles. The zero-order valence-corrected chi connectivity index (χ0v) is 19.6. The van der Waals surface area contributed by atoms with Crippen LogP contribution in [0.2, 0.25) is 10.0 Å².